The van der Waals surface area contributed by atoms with Crippen molar-refractivity contribution in [2.45, 2.75) is 121 Å². The quantitative estimate of drug-likeness (QED) is 0.201. The Balaban J connectivity index is 0.00000111. The number of amides is 2. The number of piperidine rings is 1. The van der Waals surface area contributed by atoms with Crippen molar-refractivity contribution >= 4 is 29.3 Å². The van der Waals surface area contributed by atoms with Crippen molar-refractivity contribution in [2.75, 3.05) is 13.1 Å². The Hall–Kier alpha value is -2.85. The number of hydrogen-bond donors (Lipinski definition) is 0. The van der Waals surface area contributed by atoms with Gasteiger partial charge < -0.3 is 54.5 Å². The zero-order valence-corrected chi connectivity index (χ0v) is 28.1. The van der Waals surface area contributed by atoms with E-state index in [1.165, 1.54) is 51.4 Å². The number of benzene rings is 1. The summed E-state index contributed by atoms with van der Waals surface area (Å²) in [6.45, 7) is 11.0. The van der Waals surface area contributed by atoms with Crippen molar-refractivity contribution in [2.24, 2.45) is 23.2 Å². The standard InChI is InChI=1S/C35H50N4O2.2CN.Co/c40-33(38-29-19-7-15-27-17-9-21-36-31(27)29)35(23-25-11-3-1-4-12-25,24-26-13-5-2-6-14-26)34(41)39-30-20-8-16-28-18-10-22-37-32(28)30;2*1-2;/h7,9,15,17,19,25-26,28,30,32H,1-6,8,10-14,16,18,20-24H2,(H2,38,39,40,41);;;/q-2;2*-1;/p-2. The Morgan fingerprint density at radius 2 is 1.43 bits per heavy atom. The number of para-hydroxylation sites is 1. The molecule has 4 fully saturated rings. The van der Waals surface area contributed by atoms with Gasteiger partial charge in [0.05, 0.1) is 17.2 Å². The second-order valence-electron chi connectivity index (χ2n) is 13.6. The predicted molar refractivity (Wildman–Crippen MR) is 177 cm³/mol. The smallest absolute Gasteiger partial charge is 0.0666 e. The zero-order valence-electron chi connectivity index (χ0n) is 27.0. The van der Waals surface area contributed by atoms with Crippen LogP contribution in [0.5, 0.6) is 0 Å². The summed E-state index contributed by atoms with van der Waals surface area (Å²) < 4.78 is 0. The third-order valence-corrected chi connectivity index (χ3v) is 10.8. The SMILES string of the molecule is O=C([N-]c1cccc2c1[N-]CC=C2)C(CC1CCCCC1)(CC1CCCCC1)C(=O)[N-]C1CCCC2CCC[N-]C21.[C-]#N.[C-]#N.[Co]. The van der Waals surface area contributed by atoms with Crippen molar-refractivity contribution in [1.82, 2.24) is 0 Å². The Morgan fingerprint density at radius 3 is 2.09 bits per heavy atom. The predicted octanol–water partition coefficient (Wildman–Crippen LogP) is 9.97. The van der Waals surface area contributed by atoms with Crippen LogP contribution in [-0.2, 0) is 26.4 Å². The molecule has 0 bridgehead atoms. The maximum Gasteiger partial charge on any atom is 0.0666 e. The molecule has 0 aromatic heterocycles. The average Bonchev–Trinajstić information content (AvgIpc) is 3.11. The summed E-state index contributed by atoms with van der Waals surface area (Å²) in [5.41, 5.74) is 1.17. The first-order valence-electron chi connectivity index (χ1n) is 17.2. The molecule has 1 aromatic rings. The molecule has 8 nitrogen and oxygen atoms in total. The molecule has 3 aliphatic carbocycles. The molecule has 3 saturated carbocycles. The van der Waals surface area contributed by atoms with Crippen LogP contribution in [0.4, 0.5) is 11.4 Å². The molecule has 2 amide bonds. The molecule has 0 spiro atoms. The second kappa shape index (κ2) is 19.1. The summed E-state index contributed by atoms with van der Waals surface area (Å²) in [4.78, 5) is 29.5. The summed E-state index contributed by atoms with van der Waals surface area (Å²) in [6, 6.07) is 5.90. The van der Waals surface area contributed by atoms with E-state index in [2.05, 4.69) is 11.4 Å². The third kappa shape index (κ3) is 9.15. The number of fused-ring (bicyclic) bond motifs is 2. The van der Waals surface area contributed by atoms with Crippen LogP contribution >= 0.6 is 0 Å². The summed E-state index contributed by atoms with van der Waals surface area (Å²) in [5, 5.41) is 32.0. The van der Waals surface area contributed by atoms with Gasteiger partial charge in [-0.3, -0.25) is 0 Å². The molecule has 0 N–H and O–H groups in total. The van der Waals surface area contributed by atoms with E-state index in [9.17, 15) is 9.59 Å². The minimum atomic E-state index is -1.18. The van der Waals surface area contributed by atoms with Crippen LogP contribution in [0, 0.1) is 46.8 Å². The van der Waals surface area contributed by atoms with Crippen LogP contribution in [0.1, 0.15) is 115 Å². The van der Waals surface area contributed by atoms with E-state index in [0.29, 0.717) is 42.8 Å². The van der Waals surface area contributed by atoms with Gasteiger partial charge in [0, 0.05) is 16.8 Å². The molecule has 2 heterocycles. The topological polar surface area (TPSA) is 138 Å². The van der Waals surface area contributed by atoms with Gasteiger partial charge in [0.25, 0.3) is 0 Å². The Morgan fingerprint density at radius 1 is 0.804 bits per heavy atom. The van der Waals surface area contributed by atoms with Crippen LogP contribution in [0.25, 0.3) is 27.3 Å². The first-order chi connectivity index (χ1) is 22.1. The van der Waals surface area contributed by atoms with Gasteiger partial charge in [-0.15, -0.1) is 42.6 Å². The van der Waals surface area contributed by atoms with Crippen LogP contribution in [0.3, 0.4) is 0 Å². The van der Waals surface area contributed by atoms with Crippen molar-refractivity contribution in [1.29, 1.82) is 10.5 Å². The maximum absolute atomic E-state index is 14.8. The van der Waals surface area contributed by atoms with Gasteiger partial charge in [0.15, 0.2) is 0 Å². The molecule has 1 aromatic carbocycles. The van der Waals surface area contributed by atoms with Gasteiger partial charge in [0.1, 0.15) is 0 Å². The largest absolute Gasteiger partial charge is 0.682 e. The van der Waals surface area contributed by atoms with E-state index in [1.54, 1.807) is 0 Å². The van der Waals surface area contributed by atoms with Crippen LogP contribution in [0.2, 0.25) is 0 Å². The zero-order chi connectivity index (χ0) is 32.1. The van der Waals surface area contributed by atoms with Gasteiger partial charge >= 0.3 is 0 Å². The molecule has 5 aliphatic rings. The molecule has 253 valence electrons. The number of carbonyl (C=O) groups is 2. The Bertz CT molecular complexity index is 1160. The molecule has 9 heteroatoms. The minimum absolute atomic E-state index is 0. The first kappa shape index (κ1) is 37.6. The number of rotatable bonds is 8. The van der Waals surface area contributed by atoms with Crippen LogP contribution in [0.15, 0.2) is 24.3 Å². The van der Waals surface area contributed by atoms with Gasteiger partial charge in [-0.05, 0) is 30.2 Å². The van der Waals surface area contributed by atoms with Crippen LogP contribution < -0.4 is 0 Å². The fourth-order valence-corrected chi connectivity index (χ4v) is 8.62. The summed E-state index contributed by atoms with van der Waals surface area (Å²) >= 11 is 0. The molecular formula is C37H48CoN6O2-6. The number of carbonyl (C=O) groups excluding carboxylic acids is 2. The fourth-order valence-electron chi connectivity index (χ4n) is 8.62. The summed E-state index contributed by atoms with van der Waals surface area (Å²) in [5.74, 6) is 0.836. The molecule has 1 radical (unpaired) electrons. The van der Waals surface area contributed by atoms with Crippen molar-refractivity contribution in [3.8, 4) is 0 Å². The third-order valence-electron chi connectivity index (χ3n) is 10.8. The van der Waals surface area contributed by atoms with E-state index in [4.69, 9.17) is 39.6 Å². The van der Waals surface area contributed by atoms with Gasteiger partial charge in [-0.25, -0.2) is 0 Å². The normalized spacial score (nSPS) is 24.4. The molecule has 3 unspecified atom stereocenters. The maximum atomic E-state index is 14.8. The molecule has 6 rings (SSSR count). The van der Waals surface area contributed by atoms with E-state index in [0.717, 1.165) is 62.7 Å². The van der Waals surface area contributed by atoms with Crippen molar-refractivity contribution < 1.29 is 26.4 Å². The van der Waals surface area contributed by atoms with E-state index >= 15 is 0 Å². The fraction of sp³-hybridized carbons (Fsp3) is 0.676. The molecule has 1 saturated heterocycles. The van der Waals surface area contributed by atoms with Crippen LogP contribution in [-0.4, -0.2) is 37.0 Å². The molecule has 2 aliphatic heterocycles. The van der Waals surface area contributed by atoms with E-state index in [1.807, 2.05) is 24.3 Å². The number of nitrogens with zero attached hydrogens (tertiary/aromatic N) is 6. The second-order valence-corrected chi connectivity index (χ2v) is 13.6. The summed E-state index contributed by atoms with van der Waals surface area (Å²) in [6.07, 6.45) is 22.4. The van der Waals surface area contributed by atoms with Gasteiger partial charge in [-0.2, -0.15) is 0 Å². The van der Waals surface area contributed by atoms with Gasteiger partial charge in [0.2, 0.25) is 0 Å². The van der Waals surface area contributed by atoms with Crippen molar-refractivity contribution in [3.05, 3.63) is 64.3 Å². The molecular weight excluding hydrogens is 619 g/mol. The Kier molecular flexibility index (Phi) is 15.6. The Labute approximate surface area is 287 Å². The van der Waals surface area contributed by atoms with E-state index in [-0.39, 0.29) is 40.7 Å². The number of hydrogen-bond acceptors (Lipinski definition) is 4. The minimum Gasteiger partial charge on any atom is -0.682 e. The van der Waals surface area contributed by atoms with Crippen molar-refractivity contribution in [3.63, 3.8) is 0 Å². The molecule has 46 heavy (non-hydrogen) atoms. The average molecular weight is 668 g/mol. The first-order valence-corrected chi connectivity index (χ1v) is 17.2. The monoisotopic (exact) mass is 667 g/mol. The summed E-state index contributed by atoms with van der Waals surface area (Å²) in [7, 11) is 0. The van der Waals surface area contributed by atoms with Gasteiger partial charge in [-0.1, -0.05) is 127 Å². The van der Waals surface area contributed by atoms with E-state index < -0.39 is 5.41 Å². The molecule has 3 atom stereocenters.